The summed E-state index contributed by atoms with van der Waals surface area (Å²) >= 11 is 0. The van der Waals surface area contributed by atoms with E-state index < -0.39 is 31.0 Å². The number of hydrogen-bond donors (Lipinski definition) is 5. The zero-order valence-corrected chi connectivity index (χ0v) is 33.9. The lowest BCUT2D eigenvalue weighted by molar-refractivity contribution is -0.152. The summed E-state index contributed by atoms with van der Waals surface area (Å²) in [5, 5.41) is 43.5. The highest BCUT2D eigenvalue weighted by Gasteiger charge is 2.29. The second kappa shape index (κ2) is 43.1. The Morgan fingerprint density at radius 3 is 1.20 bits per heavy atom. The lowest BCUT2D eigenvalue weighted by Gasteiger charge is -2.22. The van der Waals surface area contributed by atoms with Crippen molar-refractivity contribution in [2.24, 2.45) is 0 Å². The molecular weight excluding hydrogens is 688 g/mol. The molecule has 0 aliphatic carbocycles. The fraction of sp³-hybridized carbons (Fsp3) is 0.750. The minimum absolute atomic E-state index is 0.0258. The van der Waals surface area contributed by atoms with Crippen molar-refractivity contribution in [1.29, 1.82) is 0 Å². The normalized spacial score (nSPS) is 14.0. The summed E-state index contributed by atoms with van der Waals surface area (Å²) in [7, 11) is 0. The van der Waals surface area contributed by atoms with Gasteiger partial charge in [0.1, 0.15) is 37.6 Å². The van der Waals surface area contributed by atoms with E-state index >= 15 is 0 Å². The van der Waals surface area contributed by atoms with E-state index in [4.69, 9.17) is 35.0 Å². The fourth-order valence-electron chi connectivity index (χ4n) is 5.23. The second-order valence-corrected chi connectivity index (χ2v) is 13.8. The molecule has 314 valence electrons. The van der Waals surface area contributed by atoms with Crippen LogP contribution in [0.5, 0.6) is 0 Å². The SMILES string of the molecule is CCCCC/C=C\C/C=C\CCCCCCCC(=O)OCCOC(=O)CCCCCCC/C=C\C/C=C\CCCCC.O=C[C@H](O)[C@@H](O)[C@H](O)[C@H](O)CO. The first-order chi connectivity index (χ1) is 26.2. The van der Waals surface area contributed by atoms with Gasteiger partial charge in [-0.2, -0.15) is 0 Å². The van der Waals surface area contributed by atoms with Gasteiger partial charge in [0.05, 0.1) is 6.61 Å². The molecule has 10 heteroatoms. The van der Waals surface area contributed by atoms with Crippen LogP contribution in [-0.4, -0.2) is 88.0 Å². The Kier molecular flexibility index (Phi) is 42.7. The number of unbranched alkanes of at least 4 members (excludes halogenated alkanes) is 16. The zero-order chi connectivity index (χ0) is 40.3. The van der Waals surface area contributed by atoms with Crippen molar-refractivity contribution in [3.8, 4) is 0 Å². The highest BCUT2D eigenvalue weighted by molar-refractivity contribution is 5.70. The number of ether oxygens (including phenoxy) is 2. The lowest BCUT2D eigenvalue weighted by Crippen LogP contribution is -2.46. The first-order valence-corrected chi connectivity index (χ1v) is 20.9. The molecule has 0 heterocycles. The topological polar surface area (TPSA) is 171 Å². The molecule has 4 atom stereocenters. The second-order valence-electron chi connectivity index (χ2n) is 13.8. The van der Waals surface area contributed by atoms with Gasteiger partial charge in [0.2, 0.25) is 0 Å². The van der Waals surface area contributed by atoms with Crippen molar-refractivity contribution in [2.75, 3.05) is 19.8 Å². The molecule has 0 saturated carbocycles. The molecule has 10 nitrogen and oxygen atoms in total. The summed E-state index contributed by atoms with van der Waals surface area (Å²) in [5.74, 6) is -0.379. The Bertz CT molecular complexity index is 901. The number of aliphatic hydroxyl groups is 5. The van der Waals surface area contributed by atoms with E-state index in [2.05, 4.69) is 62.5 Å². The van der Waals surface area contributed by atoms with Gasteiger partial charge >= 0.3 is 11.9 Å². The predicted octanol–water partition coefficient (Wildman–Crippen LogP) is 8.32. The van der Waals surface area contributed by atoms with Gasteiger partial charge in [-0.05, 0) is 77.0 Å². The molecule has 0 aliphatic heterocycles. The molecule has 0 aromatic rings. The molecule has 0 aromatic carbocycles. The molecule has 0 unspecified atom stereocenters. The highest BCUT2D eigenvalue weighted by atomic mass is 16.6. The summed E-state index contributed by atoms with van der Waals surface area (Å²) in [5.41, 5.74) is 0. The van der Waals surface area contributed by atoms with E-state index in [0.717, 1.165) is 64.2 Å². The molecule has 0 rings (SSSR count). The van der Waals surface area contributed by atoms with Crippen molar-refractivity contribution in [3.63, 3.8) is 0 Å². The van der Waals surface area contributed by atoms with Crippen LogP contribution in [0.2, 0.25) is 0 Å². The van der Waals surface area contributed by atoms with Crippen LogP contribution in [0.25, 0.3) is 0 Å². The number of esters is 2. The van der Waals surface area contributed by atoms with E-state index in [1.54, 1.807) is 0 Å². The van der Waals surface area contributed by atoms with Gasteiger partial charge in [-0.25, -0.2) is 0 Å². The van der Waals surface area contributed by atoms with Crippen molar-refractivity contribution >= 4 is 18.2 Å². The largest absolute Gasteiger partial charge is 0.462 e. The maximum Gasteiger partial charge on any atom is 0.305 e. The van der Waals surface area contributed by atoms with E-state index in [0.29, 0.717) is 12.8 Å². The van der Waals surface area contributed by atoms with Crippen LogP contribution in [0.3, 0.4) is 0 Å². The highest BCUT2D eigenvalue weighted by Crippen LogP contribution is 2.11. The standard InChI is InChI=1S/C38H66O4.C6H12O6/c1-3-5-7-9-11-13-15-17-19-21-23-25-27-29-31-33-37(39)41-35-36-42-38(40)34-32-30-28-26-24-22-20-18-16-14-12-10-8-6-4-2;7-1-3(9)5(11)6(12)4(10)2-8/h11-14,17-20H,3-10,15-16,21-36H2,1-2H3;1,3-6,8-12H,2H2/b13-11-,14-12-,19-17-,20-18-;/t;3-,4+,5+,6+/m.0/s1. The molecule has 0 radical (unpaired) electrons. The minimum atomic E-state index is -1.79. The van der Waals surface area contributed by atoms with Crippen LogP contribution in [0, 0.1) is 0 Å². The Morgan fingerprint density at radius 1 is 0.500 bits per heavy atom. The average molecular weight is 767 g/mol. The van der Waals surface area contributed by atoms with Gasteiger partial charge in [0, 0.05) is 12.8 Å². The summed E-state index contributed by atoms with van der Waals surface area (Å²) in [6.45, 7) is 4.04. The predicted molar refractivity (Wildman–Crippen MR) is 218 cm³/mol. The number of hydrogen-bond acceptors (Lipinski definition) is 10. The number of aldehydes is 1. The number of carbonyl (C=O) groups excluding carboxylic acids is 3. The Morgan fingerprint density at radius 2 is 0.852 bits per heavy atom. The molecule has 0 aromatic heterocycles. The first-order valence-electron chi connectivity index (χ1n) is 20.9. The zero-order valence-electron chi connectivity index (χ0n) is 33.9. The molecule has 0 saturated heterocycles. The van der Waals surface area contributed by atoms with Crippen LogP contribution in [0.4, 0.5) is 0 Å². The van der Waals surface area contributed by atoms with Crippen molar-refractivity contribution in [3.05, 3.63) is 48.6 Å². The van der Waals surface area contributed by atoms with Gasteiger partial charge in [-0.1, -0.05) is 127 Å². The van der Waals surface area contributed by atoms with Crippen LogP contribution in [0.1, 0.15) is 168 Å². The van der Waals surface area contributed by atoms with Gasteiger partial charge in [0.25, 0.3) is 0 Å². The number of aliphatic hydroxyl groups excluding tert-OH is 5. The fourth-order valence-corrected chi connectivity index (χ4v) is 5.23. The summed E-state index contributed by atoms with van der Waals surface area (Å²) in [4.78, 5) is 33.6. The molecule has 0 fully saturated rings. The number of allylic oxidation sites excluding steroid dienone is 8. The third-order valence-corrected chi connectivity index (χ3v) is 8.69. The van der Waals surface area contributed by atoms with Crippen LogP contribution >= 0.6 is 0 Å². The molecule has 5 N–H and O–H groups in total. The van der Waals surface area contributed by atoms with E-state index in [1.807, 2.05) is 0 Å². The minimum Gasteiger partial charge on any atom is -0.462 e. The summed E-state index contributed by atoms with van der Waals surface area (Å²) < 4.78 is 10.4. The molecule has 54 heavy (non-hydrogen) atoms. The summed E-state index contributed by atoms with van der Waals surface area (Å²) in [6.07, 6.45) is 37.9. The van der Waals surface area contributed by atoms with Gasteiger partial charge < -0.3 is 39.8 Å². The first kappa shape index (κ1) is 53.5. The molecular formula is C44H78O10. The molecule has 0 amide bonds. The Hall–Kier alpha value is -2.63. The number of carbonyl (C=O) groups is 3. The quantitative estimate of drug-likeness (QED) is 0.0181. The van der Waals surface area contributed by atoms with E-state index in [-0.39, 0.29) is 31.4 Å². The van der Waals surface area contributed by atoms with Crippen molar-refractivity contribution < 1.29 is 49.4 Å². The van der Waals surface area contributed by atoms with Gasteiger partial charge in [0.15, 0.2) is 6.29 Å². The third-order valence-electron chi connectivity index (χ3n) is 8.69. The molecule has 0 bridgehead atoms. The average Bonchev–Trinajstić information content (AvgIpc) is 3.18. The maximum atomic E-state index is 11.9. The van der Waals surface area contributed by atoms with Crippen molar-refractivity contribution in [2.45, 2.75) is 192 Å². The van der Waals surface area contributed by atoms with Gasteiger partial charge in [-0.3, -0.25) is 9.59 Å². The monoisotopic (exact) mass is 767 g/mol. The van der Waals surface area contributed by atoms with Crippen LogP contribution in [-0.2, 0) is 23.9 Å². The third kappa shape index (κ3) is 39.1. The van der Waals surface area contributed by atoms with E-state index in [1.165, 1.54) is 77.0 Å². The Labute approximate surface area is 327 Å². The smallest absolute Gasteiger partial charge is 0.305 e. The van der Waals surface area contributed by atoms with Crippen LogP contribution < -0.4 is 0 Å². The maximum absolute atomic E-state index is 11.9. The molecule has 0 aliphatic rings. The van der Waals surface area contributed by atoms with E-state index in [9.17, 15) is 14.4 Å². The molecule has 0 spiro atoms. The van der Waals surface area contributed by atoms with Crippen molar-refractivity contribution in [1.82, 2.24) is 0 Å². The van der Waals surface area contributed by atoms with Gasteiger partial charge in [-0.15, -0.1) is 0 Å². The summed E-state index contributed by atoms with van der Waals surface area (Å²) in [6, 6.07) is 0. The number of rotatable bonds is 36. The lowest BCUT2D eigenvalue weighted by atomic mass is 10.0. The van der Waals surface area contributed by atoms with Crippen LogP contribution in [0.15, 0.2) is 48.6 Å². The Balaban J connectivity index is 0.